The lowest BCUT2D eigenvalue weighted by Crippen LogP contribution is -2.42. The SMILES string of the molecule is COc1cccc(-c2ccc(C(=O)N3CCCC(C(=O)CC(C)C)C3)cn2)c1. The lowest BCUT2D eigenvalue weighted by atomic mass is 9.89. The van der Waals surface area contributed by atoms with E-state index in [0.717, 1.165) is 29.8 Å². The number of aromatic nitrogens is 1. The molecular weight excluding hydrogens is 352 g/mol. The van der Waals surface area contributed by atoms with Gasteiger partial charge >= 0.3 is 0 Å². The van der Waals surface area contributed by atoms with Gasteiger partial charge in [-0.1, -0.05) is 26.0 Å². The van der Waals surface area contributed by atoms with Crippen molar-refractivity contribution in [1.29, 1.82) is 0 Å². The van der Waals surface area contributed by atoms with Gasteiger partial charge < -0.3 is 9.64 Å². The predicted octanol–water partition coefficient (Wildman–Crippen LogP) is 4.22. The van der Waals surface area contributed by atoms with E-state index in [1.807, 2.05) is 36.4 Å². The van der Waals surface area contributed by atoms with Gasteiger partial charge in [0.2, 0.25) is 0 Å². The van der Waals surface area contributed by atoms with Crippen molar-refractivity contribution in [3.8, 4) is 17.0 Å². The van der Waals surface area contributed by atoms with Crippen molar-refractivity contribution >= 4 is 11.7 Å². The molecule has 0 radical (unpaired) electrons. The minimum atomic E-state index is -0.0493. The number of methoxy groups -OCH3 is 1. The number of nitrogens with zero attached hydrogens (tertiary/aromatic N) is 2. The van der Waals surface area contributed by atoms with E-state index in [0.29, 0.717) is 31.0 Å². The number of amides is 1. The summed E-state index contributed by atoms with van der Waals surface area (Å²) in [6, 6.07) is 11.3. The van der Waals surface area contributed by atoms with E-state index in [1.54, 1.807) is 18.2 Å². The van der Waals surface area contributed by atoms with Crippen LogP contribution in [0, 0.1) is 11.8 Å². The molecule has 1 aromatic carbocycles. The molecule has 28 heavy (non-hydrogen) atoms. The fourth-order valence-corrected chi connectivity index (χ4v) is 3.65. The Kier molecular flexibility index (Phi) is 6.45. The molecule has 1 fully saturated rings. The number of Topliss-reactive ketones (excluding diaryl/α,β-unsaturated/α-hetero) is 1. The first-order valence-corrected chi connectivity index (χ1v) is 9.90. The number of ether oxygens (including phenoxy) is 1. The Labute approximate surface area is 166 Å². The van der Waals surface area contributed by atoms with E-state index in [-0.39, 0.29) is 17.6 Å². The minimum Gasteiger partial charge on any atom is -0.497 e. The standard InChI is InChI=1S/C23H28N2O3/c1-16(2)12-22(26)19-7-5-11-25(15-19)23(27)18-9-10-21(24-14-18)17-6-4-8-20(13-17)28-3/h4,6,8-10,13-14,16,19H,5,7,11-12,15H2,1-3H3. The normalized spacial score (nSPS) is 16.9. The molecule has 0 saturated carbocycles. The van der Waals surface area contributed by atoms with Gasteiger partial charge in [0.05, 0.1) is 18.4 Å². The average molecular weight is 380 g/mol. The van der Waals surface area contributed by atoms with E-state index in [4.69, 9.17) is 4.74 Å². The van der Waals surface area contributed by atoms with Gasteiger partial charge in [-0.05, 0) is 43.0 Å². The highest BCUT2D eigenvalue weighted by molar-refractivity contribution is 5.94. The van der Waals surface area contributed by atoms with Gasteiger partial charge in [-0.2, -0.15) is 0 Å². The molecule has 3 rings (SSSR count). The van der Waals surface area contributed by atoms with Gasteiger partial charge in [-0.3, -0.25) is 14.6 Å². The van der Waals surface area contributed by atoms with Crippen molar-refractivity contribution in [2.75, 3.05) is 20.2 Å². The first kappa shape index (κ1) is 20.1. The maximum atomic E-state index is 12.9. The van der Waals surface area contributed by atoms with Crippen LogP contribution in [0.1, 0.15) is 43.5 Å². The molecule has 1 unspecified atom stereocenters. The molecule has 1 amide bonds. The molecule has 1 saturated heterocycles. The molecule has 1 aromatic heterocycles. The van der Waals surface area contributed by atoms with Crippen LogP contribution in [0.3, 0.4) is 0 Å². The molecule has 5 nitrogen and oxygen atoms in total. The summed E-state index contributed by atoms with van der Waals surface area (Å²) in [5.41, 5.74) is 2.29. The number of carbonyl (C=O) groups is 2. The van der Waals surface area contributed by atoms with Crippen LogP contribution in [-0.2, 0) is 4.79 Å². The van der Waals surface area contributed by atoms with E-state index < -0.39 is 0 Å². The van der Waals surface area contributed by atoms with Crippen molar-refractivity contribution in [3.63, 3.8) is 0 Å². The van der Waals surface area contributed by atoms with Crippen LogP contribution in [0.25, 0.3) is 11.3 Å². The molecule has 1 aliphatic rings. The molecule has 2 heterocycles. The first-order chi connectivity index (χ1) is 13.5. The molecule has 2 aromatic rings. The predicted molar refractivity (Wildman–Crippen MR) is 109 cm³/mol. The summed E-state index contributed by atoms with van der Waals surface area (Å²) in [6.07, 6.45) is 3.96. The van der Waals surface area contributed by atoms with Crippen LogP contribution in [0.15, 0.2) is 42.6 Å². The van der Waals surface area contributed by atoms with Gasteiger partial charge in [0.15, 0.2) is 0 Å². The molecular formula is C23H28N2O3. The second-order valence-corrected chi connectivity index (χ2v) is 7.82. The van der Waals surface area contributed by atoms with Gasteiger partial charge in [0, 0.05) is 37.2 Å². The third-order valence-electron chi connectivity index (χ3n) is 5.15. The van der Waals surface area contributed by atoms with E-state index >= 15 is 0 Å². The summed E-state index contributed by atoms with van der Waals surface area (Å²) < 4.78 is 5.25. The highest BCUT2D eigenvalue weighted by Crippen LogP contribution is 2.24. The smallest absolute Gasteiger partial charge is 0.255 e. The average Bonchev–Trinajstić information content (AvgIpc) is 2.73. The quantitative estimate of drug-likeness (QED) is 0.753. The third kappa shape index (κ3) is 4.77. The summed E-state index contributed by atoms with van der Waals surface area (Å²) in [5, 5.41) is 0. The zero-order valence-electron chi connectivity index (χ0n) is 16.9. The fraction of sp³-hybridized carbons (Fsp3) is 0.435. The lowest BCUT2D eigenvalue weighted by Gasteiger charge is -2.32. The number of rotatable bonds is 6. The van der Waals surface area contributed by atoms with Crippen LogP contribution >= 0.6 is 0 Å². The molecule has 0 spiro atoms. The van der Waals surface area contributed by atoms with Gasteiger partial charge in [0.25, 0.3) is 5.91 Å². The maximum absolute atomic E-state index is 12.9. The Morgan fingerprint density at radius 2 is 2.07 bits per heavy atom. The molecule has 0 aliphatic carbocycles. The Morgan fingerprint density at radius 1 is 1.25 bits per heavy atom. The van der Waals surface area contributed by atoms with Crippen LogP contribution < -0.4 is 4.74 Å². The van der Waals surface area contributed by atoms with Gasteiger partial charge in [-0.15, -0.1) is 0 Å². The topological polar surface area (TPSA) is 59.5 Å². The van der Waals surface area contributed by atoms with Crippen LogP contribution in [0.4, 0.5) is 0 Å². The van der Waals surface area contributed by atoms with Crippen LogP contribution in [0.5, 0.6) is 5.75 Å². The second kappa shape index (κ2) is 9.00. The highest BCUT2D eigenvalue weighted by Gasteiger charge is 2.29. The van der Waals surface area contributed by atoms with Gasteiger partial charge in [0.1, 0.15) is 11.5 Å². The number of pyridine rings is 1. The molecule has 148 valence electrons. The van der Waals surface area contributed by atoms with E-state index in [1.165, 1.54) is 0 Å². The van der Waals surface area contributed by atoms with Crippen molar-refractivity contribution in [2.24, 2.45) is 11.8 Å². The molecule has 1 aliphatic heterocycles. The molecule has 1 atom stereocenters. The van der Waals surface area contributed by atoms with Gasteiger partial charge in [-0.25, -0.2) is 0 Å². The van der Waals surface area contributed by atoms with Crippen LogP contribution in [0.2, 0.25) is 0 Å². The number of hydrogen-bond donors (Lipinski definition) is 0. The summed E-state index contributed by atoms with van der Waals surface area (Å²) >= 11 is 0. The fourth-order valence-electron chi connectivity index (χ4n) is 3.65. The van der Waals surface area contributed by atoms with Crippen LogP contribution in [-0.4, -0.2) is 41.8 Å². The Hall–Kier alpha value is -2.69. The summed E-state index contributed by atoms with van der Waals surface area (Å²) in [5.74, 6) is 1.31. The number of benzene rings is 1. The Balaban J connectivity index is 1.69. The number of likely N-dealkylation sites (tertiary alicyclic amines) is 1. The molecule has 0 N–H and O–H groups in total. The van der Waals surface area contributed by atoms with Crippen molar-refractivity contribution in [3.05, 3.63) is 48.2 Å². The van der Waals surface area contributed by atoms with E-state index in [9.17, 15) is 9.59 Å². The second-order valence-electron chi connectivity index (χ2n) is 7.82. The largest absolute Gasteiger partial charge is 0.497 e. The Morgan fingerprint density at radius 3 is 2.75 bits per heavy atom. The van der Waals surface area contributed by atoms with Crippen molar-refractivity contribution in [2.45, 2.75) is 33.1 Å². The molecule has 0 bridgehead atoms. The number of hydrogen-bond acceptors (Lipinski definition) is 4. The first-order valence-electron chi connectivity index (χ1n) is 9.90. The van der Waals surface area contributed by atoms with E-state index in [2.05, 4.69) is 18.8 Å². The maximum Gasteiger partial charge on any atom is 0.255 e. The summed E-state index contributed by atoms with van der Waals surface area (Å²) in [6.45, 7) is 5.32. The van der Waals surface area contributed by atoms with Crippen molar-refractivity contribution < 1.29 is 14.3 Å². The zero-order chi connectivity index (χ0) is 20.1. The van der Waals surface area contributed by atoms with Crippen molar-refractivity contribution in [1.82, 2.24) is 9.88 Å². The lowest BCUT2D eigenvalue weighted by molar-refractivity contribution is -0.124. The highest BCUT2D eigenvalue weighted by atomic mass is 16.5. The molecule has 5 heteroatoms. The summed E-state index contributed by atoms with van der Waals surface area (Å²) in [4.78, 5) is 31.6. The third-order valence-corrected chi connectivity index (χ3v) is 5.15. The number of piperidine rings is 1. The summed E-state index contributed by atoms with van der Waals surface area (Å²) in [7, 11) is 1.63. The number of carbonyl (C=O) groups excluding carboxylic acids is 2. The minimum absolute atomic E-state index is 0.0379. The number of ketones is 1. The monoisotopic (exact) mass is 380 g/mol. The zero-order valence-corrected chi connectivity index (χ0v) is 16.9. The Bertz CT molecular complexity index is 830.